The van der Waals surface area contributed by atoms with Gasteiger partial charge in [0.2, 0.25) is 0 Å². The van der Waals surface area contributed by atoms with Crippen LogP contribution < -0.4 is 5.73 Å². The maximum absolute atomic E-state index is 12.4. The molecule has 0 spiro atoms. The molecule has 21 heavy (non-hydrogen) atoms. The third kappa shape index (κ3) is 5.93. The summed E-state index contributed by atoms with van der Waals surface area (Å²) in [5, 5.41) is 0. The maximum atomic E-state index is 12.4. The van der Waals surface area contributed by atoms with Crippen LogP contribution in [0.3, 0.4) is 0 Å². The minimum Gasteiger partial charge on any atom is -0.370 e. The zero-order valence-corrected chi connectivity index (χ0v) is 14.4. The highest BCUT2D eigenvalue weighted by Crippen LogP contribution is 2.18. The van der Waals surface area contributed by atoms with Gasteiger partial charge < -0.3 is 15.2 Å². The fraction of sp³-hybridized carbons (Fsp3) is 0.636. The average Bonchev–Trinajstić information content (AvgIpc) is 2.82. The van der Waals surface area contributed by atoms with Crippen molar-refractivity contribution in [3.63, 3.8) is 0 Å². The number of hydrogen-bond acceptors (Lipinski definition) is 3. The van der Waals surface area contributed by atoms with Gasteiger partial charge in [0.05, 0.1) is 0 Å². The number of rotatable bonds is 3. The molecule has 0 aliphatic carbocycles. The molecule has 1 aromatic heterocycles. The normalized spacial score (nSPS) is 16.7. The molecule has 5 nitrogen and oxygen atoms in total. The van der Waals surface area contributed by atoms with Crippen molar-refractivity contribution in [1.82, 2.24) is 14.5 Å². The number of nitrogens with two attached hydrogens (primary N) is 1. The fourth-order valence-corrected chi connectivity index (χ4v) is 2.78. The molecule has 0 aromatic carbocycles. The van der Waals surface area contributed by atoms with Crippen LogP contribution in [-0.2, 0) is 13.1 Å². The molecule has 1 aromatic rings. The van der Waals surface area contributed by atoms with Gasteiger partial charge in [-0.1, -0.05) is 0 Å². The van der Waals surface area contributed by atoms with E-state index in [9.17, 15) is 13.2 Å². The van der Waals surface area contributed by atoms with E-state index in [2.05, 4.69) is 9.98 Å². The molecule has 0 amide bonds. The molecule has 0 unspecified atom stereocenters. The Labute approximate surface area is 142 Å². The van der Waals surface area contributed by atoms with Gasteiger partial charge in [0.25, 0.3) is 0 Å². The van der Waals surface area contributed by atoms with Gasteiger partial charge in [-0.2, -0.15) is 24.9 Å². The van der Waals surface area contributed by atoms with Crippen molar-refractivity contribution in [2.24, 2.45) is 10.7 Å². The Hall–Kier alpha value is -0.650. The summed E-state index contributed by atoms with van der Waals surface area (Å²) in [5.41, 5.74) is 5.85. The lowest BCUT2D eigenvalue weighted by Crippen LogP contribution is -2.42. The van der Waals surface area contributed by atoms with Gasteiger partial charge in [0, 0.05) is 37.0 Å². The lowest BCUT2D eigenvalue weighted by atomic mass is 10.5. The molecule has 2 rings (SSSR count). The van der Waals surface area contributed by atoms with Gasteiger partial charge in [-0.3, -0.25) is 0 Å². The van der Waals surface area contributed by atoms with Crippen LogP contribution in [0.15, 0.2) is 17.4 Å². The Kier molecular flexibility index (Phi) is 7.10. The van der Waals surface area contributed by atoms with E-state index in [0.29, 0.717) is 5.96 Å². The number of guanidine groups is 1. The fourth-order valence-electron chi connectivity index (χ4n) is 1.87. The summed E-state index contributed by atoms with van der Waals surface area (Å²) in [6, 6.07) is 0. The van der Waals surface area contributed by atoms with E-state index in [-0.39, 0.29) is 36.3 Å². The van der Waals surface area contributed by atoms with E-state index >= 15 is 0 Å². The largest absolute Gasteiger partial charge is 0.406 e. The van der Waals surface area contributed by atoms with E-state index < -0.39 is 12.7 Å². The van der Waals surface area contributed by atoms with E-state index in [1.165, 1.54) is 12.4 Å². The molecule has 0 bridgehead atoms. The summed E-state index contributed by atoms with van der Waals surface area (Å²) in [4.78, 5) is 9.97. The second-order valence-corrected chi connectivity index (χ2v) is 5.59. The molecular weight excluding hydrogens is 418 g/mol. The molecule has 0 radical (unpaired) electrons. The highest BCUT2D eigenvalue weighted by molar-refractivity contribution is 14.0. The molecule has 1 saturated heterocycles. The Morgan fingerprint density at radius 3 is 2.67 bits per heavy atom. The van der Waals surface area contributed by atoms with Crippen LogP contribution in [0.5, 0.6) is 0 Å². The molecule has 1 aliphatic rings. The first-order valence-electron chi connectivity index (χ1n) is 6.15. The Bertz CT molecular complexity index is 471. The number of nitrogens with zero attached hydrogens (tertiary/aromatic N) is 4. The van der Waals surface area contributed by atoms with Crippen LogP contribution in [0.25, 0.3) is 0 Å². The van der Waals surface area contributed by atoms with Gasteiger partial charge in [0.1, 0.15) is 18.9 Å². The summed E-state index contributed by atoms with van der Waals surface area (Å²) in [6.07, 6.45) is -1.63. The van der Waals surface area contributed by atoms with Crippen molar-refractivity contribution in [2.75, 3.05) is 24.6 Å². The Morgan fingerprint density at radius 2 is 2.05 bits per heavy atom. The third-order valence-corrected chi connectivity index (χ3v) is 3.81. The number of halogens is 4. The topological polar surface area (TPSA) is 59.4 Å². The lowest BCUT2D eigenvalue weighted by molar-refractivity contribution is -0.141. The number of thioether (sulfide) groups is 1. The first-order chi connectivity index (χ1) is 9.46. The summed E-state index contributed by atoms with van der Waals surface area (Å²) in [7, 11) is 0. The van der Waals surface area contributed by atoms with Gasteiger partial charge in [0.15, 0.2) is 5.96 Å². The SMILES string of the molecule is I.NC(=NCc1nccn1CC(F)(F)F)N1CCSCC1. The molecule has 120 valence electrons. The van der Waals surface area contributed by atoms with E-state index in [1.807, 2.05) is 16.7 Å². The Balaban J connectivity index is 0.00000220. The van der Waals surface area contributed by atoms with E-state index in [0.717, 1.165) is 29.2 Å². The minimum absolute atomic E-state index is 0. The van der Waals surface area contributed by atoms with Crippen LogP contribution in [0, 0.1) is 0 Å². The van der Waals surface area contributed by atoms with Crippen LogP contribution in [-0.4, -0.2) is 51.2 Å². The number of imidazole rings is 1. The predicted molar refractivity (Wildman–Crippen MR) is 87.9 cm³/mol. The monoisotopic (exact) mass is 435 g/mol. The molecule has 1 fully saturated rings. The van der Waals surface area contributed by atoms with Gasteiger partial charge in [-0.25, -0.2) is 9.98 Å². The number of aliphatic imine (C=N–C) groups is 1. The summed E-state index contributed by atoms with van der Waals surface area (Å²) >= 11 is 1.85. The first-order valence-corrected chi connectivity index (χ1v) is 7.30. The van der Waals surface area contributed by atoms with Gasteiger partial charge >= 0.3 is 6.18 Å². The van der Waals surface area contributed by atoms with Gasteiger partial charge in [-0.05, 0) is 0 Å². The highest BCUT2D eigenvalue weighted by atomic mass is 127. The molecule has 2 N–H and O–H groups in total. The van der Waals surface area contributed by atoms with Crippen molar-refractivity contribution in [3.05, 3.63) is 18.2 Å². The smallest absolute Gasteiger partial charge is 0.370 e. The molecule has 1 aliphatic heterocycles. The van der Waals surface area contributed by atoms with Crippen molar-refractivity contribution in [2.45, 2.75) is 19.3 Å². The summed E-state index contributed by atoms with van der Waals surface area (Å²) in [6.45, 7) is 0.630. The second-order valence-electron chi connectivity index (χ2n) is 4.36. The van der Waals surface area contributed by atoms with Gasteiger partial charge in [-0.15, -0.1) is 24.0 Å². The van der Waals surface area contributed by atoms with Crippen molar-refractivity contribution < 1.29 is 13.2 Å². The molecule has 10 heteroatoms. The summed E-state index contributed by atoms with van der Waals surface area (Å²) < 4.78 is 38.2. The quantitative estimate of drug-likeness (QED) is 0.448. The second kappa shape index (κ2) is 8.11. The summed E-state index contributed by atoms with van der Waals surface area (Å²) in [5.74, 6) is 2.60. The lowest BCUT2D eigenvalue weighted by Gasteiger charge is -2.27. The zero-order valence-electron chi connectivity index (χ0n) is 11.2. The van der Waals surface area contributed by atoms with E-state index in [4.69, 9.17) is 5.73 Å². The van der Waals surface area contributed by atoms with Crippen LogP contribution in [0.1, 0.15) is 5.82 Å². The molecule has 2 heterocycles. The minimum atomic E-state index is -4.27. The number of hydrogen-bond donors (Lipinski definition) is 1. The third-order valence-electron chi connectivity index (χ3n) is 2.87. The number of alkyl halides is 3. The maximum Gasteiger partial charge on any atom is 0.406 e. The van der Waals surface area contributed by atoms with E-state index in [1.54, 1.807) is 0 Å². The zero-order chi connectivity index (χ0) is 14.6. The average molecular weight is 435 g/mol. The van der Waals surface area contributed by atoms with Crippen molar-refractivity contribution in [3.8, 4) is 0 Å². The standard InChI is InChI=1S/C11H16F3N5S.HI/c12-11(13,14)8-19-2-1-16-9(19)7-17-10(15)18-3-5-20-6-4-18;/h1-2H,3-8H2,(H2,15,17);1H. The Morgan fingerprint density at radius 1 is 1.38 bits per heavy atom. The van der Waals surface area contributed by atoms with Crippen LogP contribution in [0.4, 0.5) is 13.2 Å². The van der Waals surface area contributed by atoms with Crippen molar-refractivity contribution >= 4 is 41.7 Å². The molecule has 0 saturated carbocycles. The first kappa shape index (κ1) is 18.4. The molecule has 0 atom stereocenters. The highest BCUT2D eigenvalue weighted by Gasteiger charge is 2.28. The molecular formula is C11H17F3IN5S. The van der Waals surface area contributed by atoms with Crippen LogP contribution >= 0.6 is 35.7 Å². The number of aromatic nitrogens is 2. The van der Waals surface area contributed by atoms with Crippen molar-refractivity contribution in [1.29, 1.82) is 0 Å². The van der Waals surface area contributed by atoms with Crippen LogP contribution in [0.2, 0.25) is 0 Å². The predicted octanol–water partition coefficient (Wildman–Crippen LogP) is 1.93.